The summed E-state index contributed by atoms with van der Waals surface area (Å²) in [6.07, 6.45) is 0. The zero-order valence-corrected chi connectivity index (χ0v) is 19.3. The van der Waals surface area contributed by atoms with Crippen molar-refractivity contribution in [1.82, 2.24) is 0 Å². The quantitative estimate of drug-likeness (QED) is 0.486. The third kappa shape index (κ3) is 9.08. The fourth-order valence-corrected chi connectivity index (χ4v) is 5.10. The Morgan fingerprint density at radius 2 is 1.06 bits per heavy atom. The molecule has 1 fully saturated rings. The highest BCUT2D eigenvalue weighted by Gasteiger charge is 2.34. The van der Waals surface area contributed by atoms with Crippen LogP contribution in [0.1, 0.15) is 10.4 Å². The molecule has 8 nitrogen and oxygen atoms in total. The smallest absolute Gasteiger partial charge is 0.269 e. The van der Waals surface area contributed by atoms with E-state index in [2.05, 4.69) is 0 Å². The predicted molar refractivity (Wildman–Crippen MR) is 119 cm³/mol. The molecule has 0 spiro atoms. The van der Waals surface area contributed by atoms with Crippen LogP contribution in [0.4, 0.5) is 11.4 Å². The van der Waals surface area contributed by atoms with Gasteiger partial charge in [-0.3, -0.25) is 4.79 Å². The van der Waals surface area contributed by atoms with E-state index in [0.29, 0.717) is 5.56 Å². The van der Waals surface area contributed by atoms with Crippen molar-refractivity contribution in [3.05, 3.63) is 96.6 Å². The van der Waals surface area contributed by atoms with Crippen molar-refractivity contribution in [3.63, 3.8) is 0 Å². The van der Waals surface area contributed by atoms with Gasteiger partial charge in [-0.25, -0.2) is 24.0 Å². The van der Waals surface area contributed by atoms with E-state index in [1.807, 2.05) is 96.3 Å². The first-order valence-corrected chi connectivity index (χ1v) is 12.4. The number of carbonyl (C=O) groups excluding carboxylic acids is 1. The van der Waals surface area contributed by atoms with Crippen molar-refractivity contribution in [2.24, 2.45) is 9.98 Å². The summed E-state index contributed by atoms with van der Waals surface area (Å²) in [5, 5.41) is 3.52. The first-order valence-electron chi connectivity index (χ1n) is 9.44. The molecule has 0 saturated carbocycles. The lowest BCUT2D eigenvalue weighted by molar-refractivity contribution is -2.00. The molecule has 0 amide bonds. The second-order valence-electron chi connectivity index (χ2n) is 6.39. The summed E-state index contributed by atoms with van der Waals surface area (Å²) in [7, 11) is -4.94. The third-order valence-corrected chi connectivity index (χ3v) is 6.30. The number of quaternary nitrogens is 1. The monoisotopic (exact) mass is 503 g/mol. The Balaban J connectivity index is 0.000000555. The Hall–Kier alpha value is -2.54. The topological polar surface area (TPSA) is 151 Å². The van der Waals surface area contributed by atoms with E-state index in [0.717, 1.165) is 21.7 Å². The minimum Gasteiger partial charge on any atom is -0.292 e. The van der Waals surface area contributed by atoms with E-state index >= 15 is 0 Å². The molecule has 4 rings (SSSR count). The van der Waals surface area contributed by atoms with Crippen LogP contribution >= 0.6 is 23.5 Å². The van der Waals surface area contributed by atoms with Crippen LogP contribution in [-0.2, 0) is 0 Å². The van der Waals surface area contributed by atoms with Gasteiger partial charge < -0.3 is 0 Å². The Morgan fingerprint density at radius 1 is 0.697 bits per heavy atom. The van der Waals surface area contributed by atoms with E-state index in [1.54, 1.807) is 0 Å². The number of benzene rings is 3. The lowest BCUT2D eigenvalue weighted by Gasteiger charge is -2.19. The first kappa shape index (κ1) is 25.1. The van der Waals surface area contributed by atoms with Crippen molar-refractivity contribution in [1.29, 1.82) is 0 Å². The molecule has 33 heavy (non-hydrogen) atoms. The molecule has 3 aromatic rings. The van der Waals surface area contributed by atoms with Crippen molar-refractivity contribution in [3.8, 4) is 0 Å². The number of rotatable bonds is 4. The van der Waals surface area contributed by atoms with Gasteiger partial charge in [-0.1, -0.05) is 66.7 Å². The van der Waals surface area contributed by atoms with Gasteiger partial charge in [0, 0.05) is 5.56 Å². The molecule has 0 aliphatic carbocycles. The summed E-state index contributed by atoms with van der Waals surface area (Å²) in [5.74, 6) is 0.0743. The van der Waals surface area contributed by atoms with Crippen LogP contribution in [0.2, 0.25) is 0 Å². The van der Waals surface area contributed by atoms with Gasteiger partial charge in [-0.15, -0.1) is 10.2 Å². The second kappa shape index (κ2) is 12.1. The standard InChI is InChI=1S/C22H17N3OS2.ClHO4/c26-19(16-10-4-1-5-11-16)20-27-21(23-17-12-6-2-7-13-17)25-22(28-20)24-18-14-8-3-9-15-18;2-1(3,4)5/h1-15,20H,(H,23,24,25);(H,2,3,4,5). The Labute approximate surface area is 200 Å². The maximum Gasteiger partial charge on any atom is 0.269 e. The molecule has 0 aromatic heterocycles. The number of ketones is 1. The SMILES string of the molecule is O=C(c1ccccc1)C1SC(=Nc2ccccc2)[NH2+]C(=Nc2ccccc2)S1.[O-][Cl+3]([O-])([O-])[O-]. The molecule has 1 heterocycles. The summed E-state index contributed by atoms with van der Waals surface area (Å²) in [5.41, 5.74) is 2.42. The van der Waals surface area contributed by atoms with Crippen LogP contribution in [0.15, 0.2) is 101 Å². The molecule has 0 atom stereocenters. The Morgan fingerprint density at radius 3 is 1.45 bits per heavy atom. The lowest BCUT2D eigenvalue weighted by atomic mass is 10.1. The molecule has 1 aliphatic heterocycles. The number of Topliss-reactive ketones (excluding diaryl/α,β-unsaturated/α-hetero) is 1. The van der Waals surface area contributed by atoms with Gasteiger partial charge in [0.1, 0.15) is 4.58 Å². The van der Waals surface area contributed by atoms with Crippen molar-refractivity contribution < 1.29 is 39.0 Å². The zero-order chi connectivity index (χ0) is 23.7. The molecular formula is C22H18ClN3O5S2. The number of halogens is 1. The normalized spacial score (nSPS) is 18.5. The number of nitrogens with zero attached hydrogens (tertiary/aromatic N) is 2. The number of amidine groups is 2. The number of hydrogen-bond acceptors (Lipinski definition) is 9. The van der Waals surface area contributed by atoms with Gasteiger partial charge in [0.2, 0.25) is 0 Å². The minimum atomic E-state index is -4.94. The minimum absolute atomic E-state index is 0.0743. The number of para-hydroxylation sites is 2. The average Bonchev–Trinajstić information content (AvgIpc) is 2.79. The molecule has 1 aliphatic rings. The van der Waals surface area contributed by atoms with Crippen molar-refractivity contribution >= 4 is 51.0 Å². The maximum absolute atomic E-state index is 13.0. The predicted octanol–water partition coefficient (Wildman–Crippen LogP) is -0.142. The molecule has 0 radical (unpaired) electrons. The van der Waals surface area contributed by atoms with Gasteiger partial charge in [-0.2, -0.15) is 9.98 Å². The number of thioether (sulfide) groups is 2. The summed E-state index contributed by atoms with van der Waals surface area (Å²) in [6, 6.07) is 28.9. The van der Waals surface area contributed by atoms with Crippen LogP contribution in [0.3, 0.4) is 0 Å². The highest BCUT2D eigenvalue weighted by molar-refractivity contribution is 8.31. The molecule has 1 saturated heterocycles. The van der Waals surface area contributed by atoms with Crippen LogP contribution in [0.5, 0.6) is 0 Å². The molecule has 0 unspecified atom stereocenters. The number of carbonyl (C=O) groups is 1. The summed E-state index contributed by atoms with van der Waals surface area (Å²) in [6.45, 7) is 0. The molecule has 3 aromatic carbocycles. The van der Waals surface area contributed by atoms with Crippen LogP contribution in [0, 0.1) is 10.2 Å². The zero-order valence-electron chi connectivity index (χ0n) is 16.9. The lowest BCUT2D eigenvalue weighted by Crippen LogP contribution is -2.91. The molecule has 2 N–H and O–H groups in total. The van der Waals surface area contributed by atoms with Crippen LogP contribution < -0.4 is 24.0 Å². The van der Waals surface area contributed by atoms with Gasteiger partial charge >= 0.3 is 0 Å². The molecular weight excluding hydrogens is 486 g/mol. The summed E-state index contributed by atoms with van der Waals surface area (Å²) >= 11 is 2.94. The third-order valence-electron chi connectivity index (χ3n) is 3.97. The van der Waals surface area contributed by atoms with Crippen molar-refractivity contribution in [2.45, 2.75) is 4.58 Å². The van der Waals surface area contributed by atoms with Crippen molar-refractivity contribution in [2.75, 3.05) is 0 Å². The van der Waals surface area contributed by atoms with Gasteiger partial charge in [-0.05, 0) is 47.8 Å². The van der Waals surface area contributed by atoms with E-state index in [1.165, 1.54) is 23.5 Å². The van der Waals surface area contributed by atoms with Gasteiger partial charge in [0.05, 0.1) is 11.4 Å². The molecule has 170 valence electrons. The average molecular weight is 504 g/mol. The summed E-state index contributed by atoms with van der Waals surface area (Å²) < 4.78 is 33.7. The highest BCUT2D eigenvalue weighted by Crippen LogP contribution is 2.31. The molecule has 11 heteroatoms. The maximum atomic E-state index is 13.0. The fraction of sp³-hybridized carbons (Fsp3) is 0.0455. The first-order chi connectivity index (χ1) is 15.8. The van der Waals surface area contributed by atoms with Crippen LogP contribution in [-0.4, -0.2) is 20.7 Å². The Kier molecular flexibility index (Phi) is 9.18. The Bertz CT molecular complexity index is 1050. The van der Waals surface area contributed by atoms with E-state index in [4.69, 9.17) is 28.6 Å². The van der Waals surface area contributed by atoms with E-state index in [-0.39, 0.29) is 10.4 Å². The van der Waals surface area contributed by atoms with Gasteiger partial charge in [0.15, 0.2) is 5.78 Å². The largest absolute Gasteiger partial charge is 0.292 e. The van der Waals surface area contributed by atoms with Gasteiger partial charge in [0.25, 0.3) is 10.3 Å². The fourth-order valence-electron chi connectivity index (χ4n) is 2.64. The number of nitrogens with two attached hydrogens (primary N) is 1. The van der Waals surface area contributed by atoms with E-state index in [9.17, 15) is 4.79 Å². The van der Waals surface area contributed by atoms with E-state index < -0.39 is 10.2 Å². The number of aliphatic imine (C=N–C) groups is 2. The highest BCUT2D eigenvalue weighted by atomic mass is 35.7. The summed E-state index contributed by atoms with van der Waals surface area (Å²) in [4.78, 5) is 22.5. The number of hydrogen-bond donors (Lipinski definition) is 1. The molecule has 0 bridgehead atoms. The second-order valence-corrected chi connectivity index (χ2v) is 9.70. The van der Waals surface area contributed by atoms with Crippen LogP contribution in [0.25, 0.3) is 0 Å².